The number of benzene rings is 2. The summed E-state index contributed by atoms with van der Waals surface area (Å²) in [7, 11) is 0. The van der Waals surface area contributed by atoms with E-state index in [1.165, 1.54) is 6.07 Å². The molecule has 1 saturated heterocycles. The number of ether oxygens (including phenoxy) is 2. The molecule has 3 aromatic rings. The monoisotopic (exact) mass is 480 g/mol. The second kappa shape index (κ2) is 9.57. The van der Waals surface area contributed by atoms with Crippen molar-refractivity contribution in [3.05, 3.63) is 83.1 Å². The number of hydrogen-bond acceptors (Lipinski definition) is 6. The zero-order valence-electron chi connectivity index (χ0n) is 18.7. The lowest BCUT2D eigenvalue weighted by atomic mass is 10.1. The summed E-state index contributed by atoms with van der Waals surface area (Å²) in [6.07, 6.45) is 1.61. The molecule has 180 valence electrons. The Morgan fingerprint density at radius 1 is 0.943 bits per heavy atom. The van der Waals surface area contributed by atoms with Crippen LogP contribution in [0.3, 0.4) is 0 Å². The number of nitrogens with one attached hydrogen (secondary N) is 1. The van der Waals surface area contributed by atoms with Gasteiger partial charge in [0.1, 0.15) is 5.82 Å². The van der Waals surface area contributed by atoms with Crippen molar-refractivity contribution in [3.63, 3.8) is 0 Å². The number of pyridine rings is 1. The predicted octanol–water partition coefficient (Wildman–Crippen LogP) is 2.98. The van der Waals surface area contributed by atoms with Crippen molar-refractivity contribution in [3.8, 4) is 11.5 Å². The average Bonchev–Trinajstić information content (AvgIpc) is 3.36. The largest absolute Gasteiger partial charge is 0.454 e. The number of anilines is 1. The zero-order valence-corrected chi connectivity index (χ0v) is 18.7. The molecule has 1 aromatic heterocycles. The van der Waals surface area contributed by atoms with Crippen molar-refractivity contribution in [2.75, 3.05) is 37.9 Å². The molecule has 3 heterocycles. The molecule has 0 unspecified atom stereocenters. The van der Waals surface area contributed by atoms with Gasteiger partial charge in [0.15, 0.2) is 23.1 Å². The fraction of sp³-hybridized carbons (Fsp3) is 0.240. The van der Waals surface area contributed by atoms with Crippen LogP contribution in [0.15, 0.2) is 54.7 Å². The molecule has 0 spiro atoms. The summed E-state index contributed by atoms with van der Waals surface area (Å²) in [5, 5.41) is 2.91. The van der Waals surface area contributed by atoms with E-state index in [9.17, 15) is 18.4 Å². The predicted molar refractivity (Wildman–Crippen MR) is 122 cm³/mol. The van der Waals surface area contributed by atoms with E-state index in [0.717, 1.165) is 17.7 Å². The van der Waals surface area contributed by atoms with Crippen LogP contribution in [0.2, 0.25) is 0 Å². The van der Waals surface area contributed by atoms with Gasteiger partial charge in [0.05, 0.1) is 5.56 Å². The van der Waals surface area contributed by atoms with Gasteiger partial charge in [-0.15, -0.1) is 0 Å². The van der Waals surface area contributed by atoms with Gasteiger partial charge in [0.2, 0.25) is 6.79 Å². The highest BCUT2D eigenvalue weighted by Gasteiger charge is 2.26. The minimum Gasteiger partial charge on any atom is -0.454 e. The second-order valence-electron chi connectivity index (χ2n) is 8.15. The van der Waals surface area contributed by atoms with E-state index in [2.05, 4.69) is 10.3 Å². The molecule has 1 fully saturated rings. The molecule has 2 amide bonds. The van der Waals surface area contributed by atoms with Crippen LogP contribution in [0.4, 0.5) is 14.6 Å². The molecule has 2 aliphatic rings. The SMILES string of the molecule is O=C(NCc1ccc2c(c1)OCO2)c1cccnc1N1CCN(C(=O)c2ccc(F)c(F)c2)CC1. The third-order valence-electron chi connectivity index (χ3n) is 5.95. The van der Waals surface area contributed by atoms with Gasteiger partial charge in [-0.2, -0.15) is 0 Å². The first-order valence-electron chi connectivity index (χ1n) is 11.1. The van der Waals surface area contributed by atoms with Crippen LogP contribution < -0.4 is 19.7 Å². The lowest BCUT2D eigenvalue weighted by Crippen LogP contribution is -2.49. The smallest absolute Gasteiger partial charge is 0.255 e. The van der Waals surface area contributed by atoms with Crippen molar-refractivity contribution in [2.24, 2.45) is 0 Å². The molecule has 2 aliphatic heterocycles. The maximum Gasteiger partial charge on any atom is 0.255 e. The Bertz CT molecular complexity index is 1280. The summed E-state index contributed by atoms with van der Waals surface area (Å²) >= 11 is 0. The van der Waals surface area contributed by atoms with E-state index >= 15 is 0 Å². The number of rotatable bonds is 5. The Labute approximate surface area is 200 Å². The van der Waals surface area contributed by atoms with Gasteiger partial charge >= 0.3 is 0 Å². The van der Waals surface area contributed by atoms with Crippen LogP contribution in [0, 0.1) is 11.6 Å². The van der Waals surface area contributed by atoms with Gasteiger partial charge in [0, 0.05) is 44.5 Å². The number of amides is 2. The van der Waals surface area contributed by atoms with Crippen LogP contribution >= 0.6 is 0 Å². The Balaban J connectivity index is 1.22. The minimum absolute atomic E-state index is 0.0961. The Morgan fingerprint density at radius 3 is 2.54 bits per heavy atom. The Hall–Kier alpha value is -4.21. The summed E-state index contributed by atoms with van der Waals surface area (Å²) in [6.45, 7) is 2.08. The Morgan fingerprint density at radius 2 is 1.74 bits per heavy atom. The van der Waals surface area contributed by atoms with Crippen molar-refractivity contribution >= 4 is 17.6 Å². The molecule has 35 heavy (non-hydrogen) atoms. The van der Waals surface area contributed by atoms with E-state index in [1.807, 2.05) is 17.0 Å². The third kappa shape index (κ3) is 4.72. The van der Waals surface area contributed by atoms with Crippen molar-refractivity contribution < 1.29 is 27.8 Å². The normalized spacial score (nSPS) is 14.7. The summed E-state index contributed by atoms with van der Waals surface area (Å²) in [5.74, 6) is -0.843. The first-order chi connectivity index (χ1) is 17.0. The molecule has 0 atom stereocenters. The lowest BCUT2D eigenvalue weighted by molar-refractivity contribution is 0.0745. The van der Waals surface area contributed by atoms with E-state index in [-0.39, 0.29) is 24.2 Å². The molecule has 10 heteroatoms. The molecule has 0 radical (unpaired) electrons. The number of piperazine rings is 1. The Kier molecular flexibility index (Phi) is 6.17. The van der Waals surface area contributed by atoms with Crippen LogP contribution in [-0.2, 0) is 6.54 Å². The fourth-order valence-corrected chi connectivity index (χ4v) is 4.09. The van der Waals surface area contributed by atoms with Gasteiger partial charge in [-0.3, -0.25) is 9.59 Å². The van der Waals surface area contributed by atoms with Gasteiger partial charge in [-0.1, -0.05) is 6.07 Å². The first-order valence-corrected chi connectivity index (χ1v) is 11.1. The van der Waals surface area contributed by atoms with Gasteiger partial charge in [-0.25, -0.2) is 13.8 Å². The maximum absolute atomic E-state index is 13.5. The van der Waals surface area contributed by atoms with E-state index in [1.54, 1.807) is 29.3 Å². The van der Waals surface area contributed by atoms with Crippen LogP contribution in [0.1, 0.15) is 26.3 Å². The number of carbonyl (C=O) groups is 2. The first kappa shape index (κ1) is 22.6. The highest BCUT2D eigenvalue weighted by atomic mass is 19.2. The molecular weight excluding hydrogens is 458 g/mol. The minimum atomic E-state index is -1.06. The molecule has 8 nitrogen and oxygen atoms in total. The van der Waals surface area contributed by atoms with Crippen molar-refractivity contribution in [2.45, 2.75) is 6.54 Å². The van der Waals surface area contributed by atoms with Crippen molar-refractivity contribution in [1.82, 2.24) is 15.2 Å². The molecule has 1 N–H and O–H groups in total. The molecule has 2 aromatic carbocycles. The van der Waals surface area contributed by atoms with E-state index < -0.39 is 11.6 Å². The summed E-state index contributed by atoms with van der Waals surface area (Å²) in [6, 6.07) is 12.0. The fourth-order valence-electron chi connectivity index (χ4n) is 4.09. The number of hydrogen-bond donors (Lipinski definition) is 1. The van der Waals surface area contributed by atoms with Crippen LogP contribution in [0.25, 0.3) is 0 Å². The molecular formula is C25H22F2N4O4. The van der Waals surface area contributed by atoms with Crippen LogP contribution in [0.5, 0.6) is 11.5 Å². The summed E-state index contributed by atoms with van der Waals surface area (Å²) < 4.78 is 37.4. The molecule has 0 aliphatic carbocycles. The standard InChI is InChI=1S/C25H22F2N4O4/c26-19-5-4-17(13-20(19)27)25(33)31-10-8-30(9-11-31)23-18(2-1-7-28-23)24(32)29-14-16-3-6-21-22(12-16)35-15-34-21/h1-7,12-13H,8-11,14-15H2,(H,29,32). The second-order valence-corrected chi connectivity index (χ2v) is 8.15. The number of carbonyl (C=O) groups excluding carboxylic acids is 2. The van der Waals surface area contributed by atoms with Crippen LogP contribution in [-0.4, -0.2) is 54.7 Å². The maximum atomic E-state index is 13.5. The quantitative estimate of drug-likeness (QED) is 0.605. The number of halogens is 2. The number of aromatic nitrogens is 1. The van der Waals surface area contributed by atoms with Gasteiger partial charge < -0.3 is 24.6 Å². The third-order valence-corrected chi connectivity index (χ3v) is 5.95. The molecule has 5 rings (SSSR count). The van der Waals surface area contributed by atoms with E-state index in [0.29, 0.717) is 55.6 Å². The highest BCUT2D eigenvalue weighted by molar-refractivity contribution is 5.99. The highest BCUT2D eigenvalue weighted by Crippen LogP contribution is 2.32. The lowest BCUT2D eigenvalue weighted by Gasteiger charge is -2.36. The van der Waals surface area contributed by atoms with Crippen molar-refractivity contribution in [1.29, 1.82) is 0 Å². The van der Waals surface area contributed by atoms with Gasteiger partial charge in [-0.05, 0) is 48.0 Å². The zero-order chi connectivity index (χ0) is 24.4. The number of nitrogens with zero attached hydrogens (tertiary/aromatic N) is 3. The molecule has 0 saturated carbocycles. The molecule has 0 bridgehead atoms. The van der Waals surface area contributed by atoms with E-state index in [4.69, 9.17) is 9.47 Å². The topological polar surface area (TPSA) is 84.0 Å². The summed E-state index contributed by atoms with van der Waals surface area (Å²) in [5.41, 5.74) is 1.39. The van der Waals surface area contributed by atoms with Gasteiger partial charge in [0.25, 0.3) is 11.8 Å². The summed E-state index contributed by atoms with van der Waals surface area (Å²) in [4.78, 5) is 33.6. The average molecular weight is 480 g/mol. The number of fused-ring (bicyclic) bond motifs is 1.